The monoisotopic (exact) mass is 184 g/mol. The van der Waals surface area contributed by atoms with Crippen LogP contribution in [0.3, 0.4) is 0 Å². The Bertz CT molecular complexity index is 148. The quantitative estimate of drug-likeness (QED) is 0.382. The van der Waals surface area contributed by atoms with E-state index >= 15 is 0 Å². The van der Waals surface area contributed by atoms with Crippen LogP contribution >= 0.6 is 0 Å². The van der Waals surface area contributed by atoms with E-state index in [0.29, 0.717) is 6.42 Å². The van der Waals surface area contributed by atoms with Gasteiger partial charge in [-0.05, 0) is 12.8 Å². The fourth-order valence-corrected chi connectivity index (χ4v) is 0.611. The van der Waals surface area contributed by atoms with Crippen LogP contribution in [0, 0.1) is 0 Å². The van der Waals surface area contributed by atoms with Crippen molar-refractivity contribution in [2.24, 2.45) is 0 Å². The molecule has 0 radical (unpaired) electrons. The molecule has 0 aliphatic rings. The van der Waals surface area contributed by atoms with Gasteiger partial charge in [-0.25, -0.2) is 4.79 Å². The summed E-state index contributed by atoms with van der Waals surface area (Å²) in [5.74, 6) is -1.40. The van der Waals surface area contributed by atoms with Crippen LogP contribution in [0.1, 0.15) is 12.8 Å². The van der Waals surface area contributed by atoms with Gasteiger partial charge in [0.2, 0.25) is 0 Å². The van der Waals surface area contributed by atoms with Crippen molar-refractivity contribution in [3.8, 4) is 0 Å². The first-order chi connectivity index (χ1) is 5.09. The Kier molecular flexibility index (Phi) is 9.47. The molecule has 2 atom stereocenters. The molecule has 0 aromatic heterocycles. The summed E-state index contributed by atoms with van der Waals surface area (Å²) in [6.45, 7) is 3.40. The van der Waals surface area contributed by atoms with Gasteiger partial charge in [0.1, 0.15) is 0 Å². The van der Waals surface area contributed by atoms with Crippen LogP contribution in [0.5, 0.6) is 0 Å². The number of aliphatic carboxylic acids is 1. The summed E-state index contributed by atoms with van der Waals surface area (Å²) >= 11 is 0. The molecule has 5 heteroatoms. The van der Waals surface area contributed by atoms with Crippen molar-refractivity contribution >= 4 is 35.5 Å². The molecule has 0 spiro atoms. The van der Waals surface area contributed by atoms with E-state index in [1.165, 1.54) is 0 Å². The summed E-state index contributed by atoms with van der Waals surface area (Å²) in [6, 6.07) is 0. The zero-order chi connectivity index (χ0) is 8.85. The third-order valence-electron chi connectivity index (χ3n) is 1.28. The van der Waals surface area contributed by atoms with Gasteiger partial charge in [0.25, 0.3) is 0 Å². The zero-order valence-electron chi connectivity index (χ0n) is 6.10. The van der Waals surface area contributed by atoms with Crippen molar-refractivity contribution in [3.63, 3.8) is 0 Å². The van der Waals surface area contributed by atoms with Crippen molar-refractivity contribution in [1.29, 1.82) is 0 Å². The van der Waals surface area contributed by atoms with Gasteiger partial charge in [-0.3, -0.25) is 0 Å². The van der Waals surface area contributed by atoms with E-state index in [2.05, 4.69) is 6.58 Å². The Hall–Kier alpha value is 0.130. The maximum absolute atomic E-state index is 10.1. The summed E-state index contributed by atoms with van der Waals surface area (Å²) in [7, 11) is 0. The van der Waals surface area contributed by atoms with Crippen LogP contribution in [0.4, 0.5) is 0 Å². The minimum atomic E-state index is -1.69. The summed E-state index contributed by atoms with van der Waals surface area (Å²) < 4.78 is 0. The van der Waals surface area contributed by atoms with E-state index in [0.717, 1.165) is 0 Å². The van der Waals surface area contributed by atoms with Crippen LogP contribution in [0.2, 0.25) is 0 Å². The zero-order valence-corrected chi connectivity index (χ0v) is 6.10. The van der Waals surface area contributed by atoms with Crippen LogP contribution in [-0.2, 0) is 4.79 Å². The van der Waals surface area contributed by atoms with Crippen molar-refractivity contribution < 1.29 is 20.1 Å². The topological polar surface area (TPSA) is 77.8 Å². The molecule has 0 amide bonds. The number of carboxylic acids is 1. The molecular formula is C7H13NaO4. The normalized spacial score (nSPS) is 14.2. The molecule has 66 valence electrons. The second kappa shape index (κ2) is 7.76. The molecule has 3 N–H and O–H groups in total. The predicted octanol–water partition coefficient (Wildman–Crippen LogP) is -0.889. The van der Waals surface area contributed by atoms with Crippen LogP contribution < -0.4 is 0 Å². The van der Waals surface area contributed by atoms with Gasteiger partial charge in [0.05, 0.1) is 6.10 Å². The summed E-state index contributed by atoms with van der Waals surface area (Å²) in [5, 5.41) is 25.9. The fourth-order valence-electron chi connectivity index (χ4n) is 0.611. The molecule has 0 aliphatic heterocycles. The molecule has 4 nitrogen and oxygen atoms in total. The van der Waals surface area contributed by atoms with E-state index in [1.54, 1.807) is 6.08 Å². The van der Waals surface area contributed by atoms with Crippen molar-refractivity contribution in [1.82, 2.24) is 0 Å². The number of carboxylic acid groups (broad SMARTS) is 1. The van der Waals surface area contributed by atoms with Gasteiger partial charge >= 0.3 is 35.5 Å². The second-order valence-electron chi connectivity index (χ2n) is 2.22. The molecule has 0 aromatic carbocycles. The Morgan fingerprint density at radius 3 is 2.33 bits per heavy atom. The molecule has 0 heterocycles. The van der Waals surface area contributed by atoms with Crippen LogP contribution in [0.15, 0.2) is 12.7 Å². The van der Waals surface area contributed by atoms with Gasteiger partial charge in [-0.1, -0.05) is 6.08 Å². The van der Waals surface area contributed by atoms with E-state index in [9.17, 15) is 4.79 Å². The molecule has 0 bridgehead atoms. The molecule has 0 saturated heterocycles. The molecular weight excluding hydrogens is 171 g/mol. The number of aliphatic hydroxyl groups excluding tert-OH is 2. The molecule has 2 unspecified atom stereocenters. The number of aliphatic hydroxyl groups is 2. The Labute approximate surface area is 93.2 Å². The molecule has 0 fully saturated rings. The Morgan fingerprint density at radius 1 is 1.50 bits per heavy atom. The van der Waals surface area contributed by atoms with Gasteiger partial charge in [0.15, 0.2) is 6.10 Å². The van der Waals surface area contributed by atoms with Crippen molar-refractivity contribution in [2.75, 3.05) is 0 Å². The number of carbonyl (C=O) groups is 1. The SMILES string of the molecule is C=CCCC(O)C(O)C(=O)O.[NaH]. The van der Waals surface area contributed by atoms with Crippen molar-refractivity contribution in [3.05, 3.63) is 12.7 Å². The second-order valence-corrected chi connectivity index (χ2v) is 2.22. The predicted molar refractivity (Wildman–Crippen MR) is 46.2 cm³/mol. The van der Waals surface area contributed by atoms with Gasteiger partial charge in [-0.15, -0.1) is 6.58 Å². The average Bonchev–Trinajstić information content (AvgIpc) is 1.98. The molecule has 0 aromatic rings. The number of rotatable bonds is 5. The summed E-state index contributed by atoms with van der Waals surface area (Å²) in [6.07, 6.45) is -0.624. The molecule has 0 aliphatic carbocycles. The first kappa shape index (κ1) is 14.6. The summed E-state index contributed by atoms with van der Waals surface area (Å²) in [4.78, 5) is 10.1. The number of allylic oxidation sites excluding steroid dienone is 1. The Morgan fingerprint density at radius 2 is 2.00 bits per heavy atom. The van der Waals surface area contributed by atoms with E-state index in [-0.39, 0.29) is 36.0 Å². The Balaban J connectivity index is 0. The van der Waals surface area contributed by atoms with Crippen LogP contribution in [-0.4, -0.2) is 63.1 Å². The first-order valence-electron chi connectivity index (χ1n) is 3.29. The third kappa shape index (κ3) is 5.74. The van der Waals surface area contributed by atoms with E-state index in [1.807, 2.05) is 0 Å². The maximum atomic E-state index is 10.1. The number of hydrogen-bond donors (Lipinski definition) is 3. The fraction of sp³-hybridized carbons (Fsp3) is 0.571. The standard InChI is InChI=1S/C7H12O4.Na.H/c1-2-3-4-5(8)6(9)7(10)11;;/h2,5-6,8-9H,1,3-4H2,(H,10,11);;. The summed E-state index contributed by atoms with van der Waals surface area (Å²) in [5.41, 5.74) is 0. The first-order valence-corrected chi connectivity index (χ1v) is 3.29. The third-order valence-corrected chi connectivity index (χ3v) is 1.28. The van der Waals surface area contributed by atoms with Crippen molar-refractivity contribution in [2.45, 2.75) is 25.0 Å². The van der Waals surface area contributed by atoms with Gasteiger partial charge < -0.3 is 15.3 Å². The molecule has 12 heavy (non-hydrogen) atoms. The van der Waals surface area contributed by atoms with Gasteiger partial charge in [0, 0.05) is 0 Å². The van der Waals surface area contributed by atoms with Crippen LogP contribution in [0.25, 0.3) is 0 Å². The van der Waals surface area contributed by atoms with Gasteiger partial charge in [-0.2, -0.15) is 0 Å². The average molecular weight is 184 g/mol. The molecule has 0 rings (SSSR count). The molecule has 0 saturated carbocycles. The minimum absolute atomic E-state index is 0. The van der Waals surface area contributed by atoms with E-state index < -0.39 is 18.2 Å². The van der Waals surface area contributed by atoms with E-state index in [4.69, 9.17) is 15.3 Å². The number of hydrogen-bond acceptors (Lipinski definition) is 3.